The number of hydrazine groups is 1. The fourth-order valence-electron chi connectivity index (χ4n) is 1.71. The van der Waals surface area contributed by atoms with Gasteiger partial charge in [0, 0.05) is 6.07 Å². The number of hydrogen-bond acceptors (Lipinski definition) is 5. The third-order valence-corrected chi connectivity index (χ3v) is 2.63. The van der Waals surface area contributed by atoms with Gasteiger partial charge in [0.1, 0.15) is 12.2 Å². The molecule has 3 rings (SSSR count). The summed E-state index contributed by atoms with van der Waals surface area (Å²) < 4.78 is 5.16. The second-order valence-corrected chi connectivity index (χ2v) is 4.02. The zero-order chi connectivity index (χ0) is 14.1. The van der Waals surface area contributed by atoms with E-state index >= 15 is 0 Å². The zero-order valence-corrected chi connectivity index (χ0v) is 10.0. The average molecular weight is 275 g/mol. The average Bonchev–Trinajstić information content (AvgIpc) is 3.11. The molecule has 9 nitrogen and oxygen atoms in total. The van der Waals surface area contributed by atoms with Crippen LogP contribution in [0.25, 0.3) is 11.5 Å². The van der Waals surface area contributed by atoms with E-state index in [9.17, 15) is 14.4 Å². The molecule has 0 aliphatic carbocycles. The molecule has 4 amide bonds. The van der Waals surface area contributed by atoms with E-state index in [1.807, 2.05) is 5.32 Å². The minimum absolute atomic E-state index is 0.0727. The number of carbonyl (C=O) groups is 3. The second kappa shape index (κ2) is 4.53. The van der Waals surface area contributed by atoms with Crippen LogP contribution in [0.15, 0.2) is 28.9 Å². The SMILES string of the molecule is O=C1CN(NC(=O)c2cc(-c3ccco3)[nH]n2)C(=O)N1. The molecule has 0 atom stereocenters. The number of nitrogens with one attached hydrogen (secondary N) is 3. The van der Waals surface area contributed by atoms with Crippen molar-refractivity contribution in [3.05, 3.63) is 30.2 Å². The van der Waals surface area contributed by atoms with Gasteiger partial charge in [-0.15, -0.1) is 0 Å². The van der Waals surface area contributed by atoms with Crippen molar-refractivity contribution in [2.24, 2.45) is 0 Å². The summed E-state index contributed by atoms with van der Waals surface area (Å²) in [6, 6.07) is 4.21. The molecular weight excluding hydrogens is 266 g/mol. The van der Waals surface area contributed by atoms with Gasteiger partial charge in [-0.3, -0.25) is 25.4 Å². The summed E-state index contributed by atoms with van der Waals surface area (Å²) >= 11 is 0. The summed E-state index contributed by atoms with van der Waals surface area (Å²) in [6.07, 6.45) is 1.50. The van der Waals surface area contributed by atoms with Crippen molar-refractivity contribution in [3.8, 4) is 11.5 Å². The maximum absolute atomic E-state index is 11.9. The molecule has 2 aromatic rings. The number of rotatable bonds is 3. The summed E-state index contributed by atoms with van der Waals surface area (Å²) in [7, 11) is 0. The summed E-state index contributed by atoms with van der Waals surface area (Å²) in [6.45, 7) is -0.222. The Morgan fingerprint density at radius 3 is 2.95 bits per heavy atom. The van der Waals surface area contributed by atoms with Crippen LogP contribution in [0.5, 0.6) is 0 Å². The van der Waals surface area contributed by atoms with Gasteiger partial charge in [0.25, 0.3) is 5.91 Å². The topological polar surface area (TPSA) is 120 Å². The number of carbonyl (C=O) groups excluding carboxylic acids is 3. The number of urea groups is 1. The lowest BCUT2D eigenvalue weighted by Gasteiger charge is -2.12. The minimum atomic E-state index is -0.676. The fraction of sp³-hybridized carbons (Fsp3) is 0.0909. The molecule has 1 aliphatic heterocycles. The number of aromatic nitrogens is 2. The predicted octanol–water partition coefficient (Wildman–Crippen LogP) is -0.134. The van der Waals surface area contributed by atoms with Gasteiger partial charge in [0.2, 0.25) is 5.91 Å². The zero-order valence-electron chi connectivity index (χ0n) is 10.0. The number of H-pyrrole nitrogens is 1. The van der Waals surface area contributed by atoms with Crippen molar-refractivity contribution in [1.82, 2.24) is 25.9 Å². The van der Waals surface area contributed by atoms with Crippen molar-refractivity contribution in [2.45, 2.75) is 0 Å². The molecule has 0 saturated carbocycles. The lowest BCUT2D eigenvalue weighted by molar-refractivity contribution is -0.118. The van der Waals surface area contributed by atoms with E-state index in [2.05, 4.69) is 15.6 Å². The van der Waals surface area contributed by atoms with Crippen molar-refractivity contribution < 1.29 is 18.8 Å². The molecule has 1 saturated heterocycles. The Morgan fingerprint density at radius 2 is 2.30 bits per heavy atom. The van der Waals surface area contributed by atoms with Gasteiger partial charge in [-0.25, -0.2) is 9.80 Å². The lowest BCUT2D eigenvalue weighted by Crippen LogP contribution is -2.44. The van der Waals surface area contributed by atoms with E-state index in [0.717, 1.165) is 5.01 Å². The van der Waals surface area contributed by atoms with Crippen LogP contribution < -0.4 is 10.7 Å². The van der Waals surface area contributed by atoms with Gasteiger partial charge in [0.15, 0.2) is 11.5 Å². The second-order valence-electron chi connectivity index (χ2n) is 4.02. The Kier molecular flexibility index (Phi) is 2.71. The number of hydrogen-bond donors (Lipinski definition) is 3. The third kappa shape index (κ3) is 2.11. The number of aromatic amines is 1. The molecule has 0 spiro atoms. The monoisotopic (exact) mass is 275 g/mol. The van der Waals surface area contributed by atoms with Crippen LogP contribution >= 0.6 is 0 Å². The first-order valence-electron chi connectivity index (χ1n) is 5.65. The van der Waals surface area contributed by atoms with E-state index in [1.165, 1.54) is 12.3 Å². The molecular formula is C11H9N5O4. The van der Waals surface area contributed by atoms with E-state index in [1.54, 1.807) is 12.1 Å². The van der Waals surface area contributed by atoms with Crippen molar-refractivity contribution >= 4 is 17.8 Å². The first kappa shape index (κ1) is 12.0. The molecule has 102 valence electrons. The molecule has 0 bridgehead atoms. The van der Waals surface area contributed by atoms with E-state index in [4.69, 9.17) is 4.42 Å². The minimum Gasteiger partial charge on any atom is -0.463 e. The van der Waals surface area contributed by atoms with Crippen LogP contribution in [0, 0.1) is 0 Å². The van der Waals surface area contributed by atoms with Gasteiger partial charge in [-0.1, -0.05) is 0 Å². The molecule has 0 aromatic carbocycles. The summed E-state index contributed by atoms with van der Waals surface area (Å²) in [5, 5.41) is 9.38. The summed E-state index contributed by atoms with van der Waals surface area (Å²) in [5.74, 6) is -0.553. The van der Waals surface area contributed by atoms with Gasteiger partial charge in [-0.2, -0.15) is 5.10 Å². The lowest BCUT2D eigenvalue weighted by atomic mass is 10.3. The molecule has 2 aromatic heterocycles. The highest BCUT2D eigenvalue weighted by molar-refractivity contribution is 6.03. The quantitative estimate of drug-likeness (QED) is 0.674. The molecule has 9 heteroatoms. The summed E-state index contributed by atoms with van der Waals surface area (Å²) in [4.78, 5) is 34.1. The van der Waals surface area contributed by atoms with Gasteiger partial charge in [-0.05, 0) is 12.1 Å². The van der Waals surface area contributed by atoms with Crippen LogP contribution in [0.3, 0.4) is 0 Å². The Balaban J connectivity index is 1.72. The Bertz CT molecular complexity index is 675. The first-order valence-corrected chi connectivity index (χ1v) is 5.65. The molecule has 1 aliphatic rings. The van der Waals surface area contributed by atoms with Crippen LogP contribution in [-0.4, -0.2) is 39.6 Å². The van der Waals surface area contributed by atoms with Gasteiger partial charge < -0.3 is 4.42 Å². The van der Waals surface area contributed by atoms with Crippen molar-refractivity contribution in [3.63, 3.8) is 0 Å². The van der Waals surface area contributed by atoms with Gasteiger partial charge in [0.05, 0.1) is 6.26 Å². The standard InChI is InChI=1S/C11H9N5O4/c17-9-5-16(11(19)12-9)15-10(18)7-4-6(13-14-7)8-2-1-3-20-8/h1-4H,5H2,(H,13,14)(H,15,18)(H,12,17,19). The normalized spacial score (nSPS) is 14.5. The van der Waals surface area contributed by atoms with E-state index < -0.39 is 17.8 Å². The fourth-order valence-corrected chi connectivity index (χ4v) is 1.71. The highest BCUT2D eigenvalue weighted by Crippen LogP contribution is 2.17. The third-order valence-electron chi connectivity index (χ3n) is 2.63. The smallest absolute Gasteiger partial charge is 0.343 e. The van der Waals surface area contributed by atoms with Crippen LogP contribution in [0.4, 0.5) is 4.79 Å². The molecule has 0 radical (unpaired) electrons. The van der Waals surface area contributed by atoms with Crippen LogP contribution in [0.1, 0.15) is 10.5 Å². The maximum atomic E-state index is 11.9. The van der Waals surface area contributed by atoms with Gasteiger partial charge >= 0.3 is 6.03 Å². The highest BCUT2D eigenvalue weighted by atomic mass is 16.3. The largest absolute Gasteiger partial charge is 0.463 e. The Hall–Kier alpha value is -3.10. The molecule has 0 unspecified atom stereocenters. The molecule has 3 heterocycles. The summed E-state index contributed by atoms with van der Waals surface area (Å²) in [5.41, 5.74) is 2.88. The number of nitrogens with zero attached hydrogens (tertiary/aromatic N) is 2. The number of amides is 4. The molecule has 20 heavy (non-hydrogen) atoms. The predicted molar refractivity (Wildman–Crippen MR) is 64.0 cm³/mol. The Morgan fingerprint density at radius 1 is 1.45 bits per heavy atom. The van der Waals surface area contributed by atoms with E-state index in [-0.39, 0.29) is 12.2 Å². The van der Waals surface area contributed by atoms with Crippen molar-refractivity contribution in [1.29, 1.82) is 0 Å². The molecule has 3 N–H and O–H groups in total. The highest BCUT2D eigenvalue weighted by Gasteiger charge is 2.29. The maximum Gasteiger partial charge on any atom is 0.343 e. The van der Waals surface area contributed by atoms with E-state index in [0.29, 0.717) is 11.5 Å². The number of imide groups is 1. The van der Waals surface area contributed by atoms with Crippen molar-refractivity contribution in [2.75, 3.05) is 6.54 Å². The van der Waals surface area contributed by atoms with Crippen LogP contribution in [0.2, 0.25) is 0 Å². The Labute approximate surface area is 111 Å². The number of furan rings is 1. The van der Waals surface area contributed by atoms with Crippen LogP contribution in [-0.2, 0) is 4.79 Å². The molecule has 1 fully saturated rings. The first-order chi connectivity index (χ1) is 9.63.